The average molecular weight is 279 g/mol. The molecule has 3 aliphatic rings. The third-order valence-corrected chi connectivity index (χ3v) is 4.80. The van der Waals surface area contributed by atoms with E-state index in [1.807, 2.05) is 0 Å². The summed E-state index contributed by atoms with van der Waals surface area (Å²) in [7, 11) is 0. The second kappa shape index (κ2) is 6.12. The van der Waals surface area contributed by atoms with Crippen molar-refractivity contribution in [2.75, 3.05) is 26.2 Å². The normalized spacial score (nSPS) is 28.0. The van der Waals surface area contributed by atoms with Gasteiger partial charge in [-0.05, 0) is 51.1 Å². The lowest BCUT2D eigenvalue weighted by Gasteiger charge is -2.33. The summed E-state index contributed by atoms with van der Waals surface area (Å²) in [5.74, 6) is 1.03. The molecule has 5 nitrogen and oxygen atoms in total. The minimum Gasteiger partial charge on any atom is -0.355 e. The maximum Gasteiger partial charge on any atom is 0.227 e. The highest BCUT2D eigenvalue weighted by Crippen LogP contribution is 2.31. The van der Waals surface area contributed by atoms with Crippen LogP contribution in [0.25, 0.3) is 0 Å². The quantitative estimate of drug-likeness (QED) is 0.788. The van der Waals surface area contributed by atoms with Gasteiger partial charge in [-0.1, -0.05) is 0 Å². The average Bonchev–Trinajstić information content (AvgIpc) is 3.30. The van der Waals surface area contributed by atoms with Crippen molar-refractivity contribution in [3.8, 4) is 0 Å². The molecule has 1 unspecified atom stereocenters. The van der Waals surface area contributed by atoms with Crippen LogP contribution >= 0.6 is 0 Å². The van der Waals surface area contributed by atoms with E-state index in [0.717, 1.165) is 38.9 Å². The van der Waals surface area contributed by atoms with Crippen molar-refractivity contribution in [2.24, 2.45) is 11.8 Å². The molecule has 20 heavy (non-hydrogen) atoms. The maximum absolute atomic E-state index is 12.7. The predicted molar refractivity (Wildman–Crippen MR) is 76.1 cm³/mol. The molecule has 0 aromatic rings. The van der Waals surface area contributed by atoms with Crippen LogP contribution in [0.3, 0.4) is 0 Å². The fourth-order valence-corrected chi connectivity index (χ4v) is 3.33. The standard InChI is InChI=1S/C15H25N3O2/c19-14-4-1-12(9-17-14)15(20)18(13-2-3-13)10-11-5-7-16-8-6-11/h11-13,16H,1-10H2,(H,17,19). The Balaban J connectivity index is 1.58. The molecule has 1 saturated carbocycles. The Kier molecular flexibility index (Phi) is 4.24. The highest BCUT2D eigenvalue weighted by atomic mass is 16.2. The highest BCUT2D eigenvalue weighted by Gasteiger charge is 2.38. The first kappa shape index (κ1) is 13.9. The summed E-state index contributed by atoms with van der Waals surface area (Å²) >= 11 is 0. The van der Waals surface area contributed by atoms with Gasteiger partial charge in [0.2, 0.25) is 11.8 Å². The molecule has 2 amide bonds. The van der Waals surface area contributed by atoms with Gasteiger partial charge in [-0.3, -0.25) is 9.59 Å². The lowest BCUT2D eigenvalue weighted by Crippen LogP contribution is -2.47. The van der Waals surface area contributed by atoms with E-state index < -0.39 is 0 Å². The SMILES string of the molecule is O=C1CCC(C(=O)N(CC2CCNCC2)C2CC2)CN1. The van der Waals surface area contributed by atoms with Crippen molar-refractivity contribution in [2.45, 2.75) is 44.6 Å². The second-order valence-electron chi connectivity index (χ2n) is 6.45. The molecule has 0 aromatic carbocycles. The fraction of sp³-hybridized carbons (Fsp3) is 0.867. The van der Waals surface area contributed by atoms with Gasteiger partial charge in [-0.2, -0.15) is 0 Å². The van der Waals surface area contributed by atoms with Crippen LogP contribution in [0, 0.1) is 11.8 Å². The van der Waals surface area contributed by atoms with Crippen molar-refractivity contribution in [3.05, 3.63) is 0 Å². The van der Waals surface area contributed by atoms with Crippen LogP contribution in [0.15, 0.2) is 0 Å². The Morgan fingerprint density at radius 1 is 1.15 bits per heavy atom. The van der Waals surface area contributed by atoms with Gasteiger partial charge < -0.3 is 15.5 Å². The lowest BCUT2D eigenvalue weighted by atomic mass is 9.94. The van der Waals surface area contributed by atoms with Crippen LogP contribution in [0.1, 0.15) is 38.5 Å². The number of rotatable bonds is 4. The third kappa shape index (κ3) is 3.32. The Morgan fingerprint density at radius 3 is 2.50 bits per heavy atom. The van der Waals surface area contributed by atoms with Gasteiger partial charge in [0, 0.05) is 25.6 Å². The number of nitrogens with zero attached hydrogens (tertiary/aromatic N) is 1. The topological polar surface area (TPSA) is 61.4 Å². The molecule has 0 aromatic heterocycles. The van der Waals surface area contributed by atoms with Gasteiger partial charge in [0.05, 0.1) is 5.92 Å². The number of carbonyl (C=O) groups excluding carboxylic acids is 2. The zero-order valence-electron chi connectivity index (χ0n) is 12.1. The molecular weight excluding hydrogens is 254 g/mol. The molecule has 1 atom stereocenters. The van der Waals surface area contributed by atoms with Crippen molar-refractivity contribution in [1.29, 1.82) is 0 Å². The summed E-state index contributed by atoms with van der Waals surface area (Å²) in [5.41, 5.74) is 0. The maximum atomic E-state index is 12.7. The predicted octanol–water partition coefficient (Wildman–Crippen LogP) is 0.503. The number of amides is 2. The van der Waals surface area contributed by atoms with Gasteiger partial charge in [-0.15, -0.1) is 0 Å². The molecule has 0 radical (unpaired) electrons. The number of carbonyl (C=O) groups is 2. The summed E-state index contributed by atoms with van der Waals surface area (Å²) in [6.45, 7) is 3.62. The number of hydrogen-bond acceptors (Lipinski definition) is 3. The third-order valence-electron chi connectivity index (χ3n) is 4.80. The van der Waals surface area contributed by atoms with Crippen molar-refractivity contribution in [1.82, 2.24) is 15.5 Å². The Hall–Kier alpha value is -1.10. The fourth-order valence-electron chi connectivity index (χ4n) is 3.33. The molecule has 2 N–H and O–H groups in total. The monoisotopic (exact) mass is 279 g/mol. The number of nitrogens with one attached hydrogen (secondary N) is 2. The Labute approximate surface area is 120 Å². The molecule has 2 heterocycles. The summed E-state index contributed by atoms with van der Waals surface area (Å²) in [4.78, 5) is 26.1. The molecule has 3 rings (SSSR count). The minimum absolute atomic E-state index is 0.00927. The highest BCUT2D eigenvalue weighted by molar-refractivity contribution is 5.84. The van der Waals surface area contributed by atoms with Gasteiger partial charge in [0.25, 0.3) is 0 Å². The van der Waals surface area contributed by atoms with E-state index in [9.17, 15) is 9.59 Å². The van der Waals surface area contributed by atoms with Gasteiger partial charge in [0.15, 0.2) is 0 Å². The molecule has 2 saturated heterocycles. The Morgan fingerprint density at radius 2 is 1.90 bits per heavy atom. The summed E-state index contributed by atoms with van der Waals surface area (Å²) in [6, 6.07) is 0.481. The van der Waals surface area contributed by atoms with E-state index >= 15 is 0 Å². The van der Waals surface area contributed by atoms with Gasteiger partial charge in [0.1, 0.15) is 0 Å². The van der Waals surface area contributed by atoms with Crippen molar-refractivity contribution >= 4 is 11.8 Å². The van der Waals surface area contributed by atoms with E-state index in [0.29, 0.717) is 24.9 Å². The smallest absolute Gasteiger partial charge is 0.227 e. The summed E-state index contributed by atoms with van der Waals surface area (Å²) < 4.78 is 0. The molecule has 1 aliphatic carbocycles. The largest absolute Gasteiger partial charge is 0.355 e. The molecule has 112 valence electrons. The van der Waals surface area contributed by atoms with Crippen LogP contribution in [0.5, 0.6) is 0 Å². The van der Waals surface area contributed by atoms with Crippen LogP contribution in [-0.2, 0) is 9.59 Å². The molecule has 2 aliphatic heterocycles. The van der Waals surface area contributed by atoms with Crippen LogP contribution < -0.4 is 10.6 Å². The van der Waals surface area contributed by atoms with Gasteiger partial charge >= 0.3 is 0 Å². The van der Waals surface area contributed by atoms with E-state index in [1.54, 1.807) is 0 Å². The molecule has 0 spiro atoms. The van der Waals surface area contributed by atoms with E-state index in [4.69, 9.17) is 0 Å². The van der Waals surface area contributed by atoms with Crippen LogP contribution in [-0.4, -0.2) is 48.9 Å². The molecule has 5 heteroatoms. The zero-order chi connectivity index (χ0) is 13.9. The van der Waals surface area contributed by atoms with Gasteiger partial charge in [-0.25, -0.2) is 0 Å². The first-order valence-corrected chi connectivity index (χ1v) is 8.02. The Bertz CT molecular complexity index is 365. The van der Waals surface area contributed by atoms with Crippen molar-refractivity contribution < 1.29 is 9.59 Å². The minimum atomic E-state index is 0.00927. The van der Waals surface area contributed by atoms with Crippen LogP contribution in [0.4, 0.5) is 0 Å². The zero-order valence-corrected chi connectivity index (χ0v) is 12.1. The number of hydrogen-bond donors (Lipinski definition) is 2. The van der Waals surface area contributed by atoms with E-state index in [1.165, 1.54) is 12.8 Å². The summed E-state index contributed by atoms with van der Waals surface area (Å²) in [5, 5.41) is 6.21. The first-order chi connectivity index (χ1) is 9.74. The van der Waals surface area contributed by atoms with E-state index in [2.05, 4.69) is 15.5 Å². The van der Waals surface area contributed by atoms with Crippen LogP contribution in [0.2, 0.25) is 0 Å². The number of piperidine rings is 2. The summed E-state index contributed by atoms with van der Waals surface area (Å²) in [6.07, 6.45) is 5.91. The van der Waals surface area contributed by atoms with E-state index in [-0.39, 0.29) is 17.7 Å². The molecule has 3 fully saturated rings. The molecule has 0 bridgehead atoms. The van der Waals surface area contributed by atoms with Crippen molar-refractivity contribution in [3.63, 3.8) is 0 Å². The second-order valence-corrected chi connectivity index (χ2v) is 6.45. The first-order valence-electron chi connectivity index (χ1n) is 8.02. The molecular formula is C15H25N3O2. The lowest BCUT2D eigenvalue weighted by molar-refractivity contribution is -0.138.